The Kier molecular flexibility index (Phi) is 13.2. The third kappa shape index (κ3) is 8.68. The predicted octanol–water partition coefficient (Wildman–Crippen LogP) is 5.56. The molecule has 0 aromatic heterocycles. The van der Waals surface area contributed by atoms with E-state index in [1.165, 1.54) is 69.7 Å². The number of nitrogens with zero attached hydrogens (tertiary/aromatic N) is 2. The maximum atomic E-state index is 14.4. The van der Waals surface area contributed by atoms with Gasteiger partial charge in [-0.2, -0.15) is 0 Å². The first kappa shape index (κ1) is 36.6. The minimum absolute atomic E-state index is 0.0366. The van der Waals surface area contributed by atoms with Crippen LogP contribution in [0.25, 0.3) is 0 Å². The summed E-state index contributed by atoms with van der Waals surface area (Å²) in [5.41, 5.74) is 0.551. The van der Waals surface area contributed by atoms with Crippen LogP contribution in [0.15, 0.2) is 59.5 Å². The van der Waals surface area contributed by atoms with Gasteiger partial charge in [0.1, 0.15) is 24.1 Å². The number of unbranched alkanes of at least 4 members (excludes halogenated alkanes) is 1. The van der Waals surface area contributed by atoms with Crippen LogP contribution in [0.4, 0.5) is 5.69 Å². The number of benzene rings is 3. The molecule has 0 saturated heterocycles. The summed E-state index contributed by atoms with van der Waals surface area (Å²) in [7, 11) is 1.15. The summed E-state index contributed by atoms with van der Waals surface area (Å²) in [6.45, 7) is 3.18. The van der Waals surface area contributed by atoms with Crippen LogP contribution in [-0.2, 0) is 26.2 Å². The van der Waals surface area contributed by atoms with Gasteiger partial charge in [-0.05, 0) is 55.3 Å². The topological polar surface area (TPSA) is 124 Å². The molecule has 2 amide bonds. The number of halogens is 2. The van der Waals surface area contributed by atoms with Gasteiger partial charge in [0.25, 0.3) is 10.0 Å². The standard InChI is InChI=1S/C32H39Cl2N3O8S/c1-7-8-15-35-32(39)21(2)36(19-22-9-10-23(33)16-26(22)34)31(38)20-37(27-17-24(42-3)11-13-28(27)43-4)46(40,41)25-12-14-29(44-5)30(18-25)45-6/h9-14,16-18,21H,7-8,15,19-20H2,1-6H3,(H,35,39). The van der Waals surface area contributed by atoms with Crippen LogP contribution >= 0.6 is 23.2 Å². The largest absolute Gasteiger partial charge is 0.497 e. The molecule has 14 heteroatoms. The lowest BCUT2D eigenvalue weighted by atomic mass is 10.1. The Labute approximate surface area is 280 Å². The summed E-state index contributed by atoms with van der Waals surface area (Å²) in [6.07, 6.45) is 1.62. The molecule has 0 aliphatic rings. The second-order valence-corrected chi connectivity index (χ2v) is 12.9. The van der Waals surface area contributed by atoms with Crippen LogP contribution < -0.4 is 28.6 Å². The third-order valence-electron chi connectivity index (χ3n) is 7.23. The van der Waals surface area contributed by atoms with Crippen LogP contribution in [0.2, 0.25) is 10.0 Å². The molecule has 0 bridgehead atoms. The average Bonchev–Trinajstić information content (AvgIpc) is 3.05. The number of hydrogen-bond donors (Lipinski definition) is 1. The molecule has 1 N–H and O–H groups in total. The summed E-state index contributed by atoms with van der Waals surface area (Å²) in [5.74, 6) is -0.112. The van der Waals surface area contributed by atoms with Crippen molar-refractivity contribution < 1.29 is 37.0 Å². The second kappa shape index (κ2) is 16.6. The van der Waals surface area contributed by atoms with E-state index in [1.54, 1.807) is 25.1 Å². The first-order valence-electron chi connectivity index (χ1n) is 14.4. The molecule has 0 saturated carbocycles. The Morgan fingerprint density at radius 1 is 0.870 bits per heavy atom. The number of carbonyl (C=O) groups excluding carboxylic acids is 2. The molecule has 3 rings (SSSR count). The SMILES string of the molecule is CCCCNC(=O)C(C)N(Cc1ccc(Cl)cc1Cl)C(=O)CN(c1cc(OC)ccc1OC)S(=O)(=O)c1ccc(OC)c(OC)c1. The summed E-state index contributed by atoms with van der Waals surface area (Å²) in [6, 6.07) is 12.5. The molecule has 11 nitrogen and oxygen atoms in total. The normalized spacial score (nSPS) is 11.7. The molecule has 46 heavy (non-hydrogen) atoms. The van der Waals surface area contributed by atoms with Crippen LogP contribution in [-0.4, -0.2) is 72.7 Å². The number of amides is 2. The molecule has 3 aromatic rings. The van der Waals surface area contributed by atoms with Gasteiger partial charge < -0.3 is 29.2 Å². The number of ether oxygens (including phenoxy) is 4. The molecule has 1 atom stereocenters. The van der Waals surface area contributed by atoms with Crippen molar-refractivity contribution in [3.8, 4) is 23.0 Å². The van der Waals surface area contributed by atoms with Crippen molar-refractivity contribution >= 4 is 50.7 Å². The van der Waals surface area contributed by atoms with Crippen molar-refractivity contribution in [3.05, 3.63) is 70.2 Å². The maximum absolute atomic E-state index is 14.4. The number of sulfonamides is 1. The van der Waals surface area contributed by atoms with E-state index in [0.717, 1.165) is 17.1 Å². The van der Waals surface area contributed by atoms with Crippen molar-refractivity contribution in [1.29, 1.82) is 0 Å². The first-order valence-corrected chi connectivity index (χ1v) is 16.6. The van der Waals surface area contributed by atoms with E-state index < -0.39 is 34.4 Å². The number of hydrogen-bond acceptors (Lipinski definition) is 8. The summed E-state index contributed by atoms with van der Waals surface area (Å²) >= 11 is 12.6. The lowest BCUT2D eigenvalue weighted by molar-refractivity contribution is -0.139. The van der Waals surface area contributed by atoms with E-state index in [0.29, 0.717) is 28.6 Å². The van der Waals surface area contributed by atoms with Crippen molar-refractivity contribution in [1.82, 2.24) is 10.2 Å². The highest BCUT2D eigenvalue weighted by molar-refractivity contribution is 7.92. The van der Waals surface area contributed by atoms with Gasteiger partial charge in [-0.25, -0.2) is 8.42 Å². The monoisotopic (exact) mass is 695 g/mol. The number of carbonyl (C=O) groups is 2. The van der Waals surface area contributed by atoms with Crippen molar-refractivity contribution in [2.24, 2.45) is 0 Å². The van der Waals surface area contributed by atoms with Crippen molar-refractivity contribution in [2.45, 2.75) is 44.2 Å². The van der Waals surface area contributed by atoms with E-state index in [1.807, 2.05) is 6.92 Å². The van der Waals surface area contributed by atoms with Crippen LogP contribution in [0, 0.1) is 0 Å². The smallest absolute Gasteiger partial charge is 0.265 e. The molecular formula is C32H39Cl2N3O8S. The molecular weight excluding hydrogens is 657 g/mol. The number of anilines is 1. The van der Waals surface area contributed by atoms with Crippen molar-refractivity contribution in [3.63, 3.8) is 0 Å². The fraction of sp³-hybridized carbons (Fsp3) is 0.375. The van der Waals surface area contributed by atoms with Gasteiger partial charge in [-0.15, -0.1) is 0 Å². The van der Waals surface area contributed by atoms with Gasteiger partial charge in [-0.1, -0.05) is 42.6 Å². The molecule has 0 spiro atoms. The van der Waals surface area contributed by atoms with Crippen LogP contribution in [0.3, 0.4) is 0 Å². The van der Waals surface area contributed by atoms with E-state index in [-0.39, 0.29) is 33.6 Å². The maximum Gasteiger partial charge on any atom is 0.265 e. The van der Waals surface area contributed by atoms with Crippen LogP contribution in [0.1, 0.15) is 32.3 Å². The zero-order chi connectivity index (χ0) is 34.0. The Balaban J connectivity index is 2.16. The minimum atomic E-state index is -4.48. The molecule has 0 radical (unpaired) electrons. The third-order valence-corrected chi connectivity index (χ3v) is 9.57. The highest BCUT2D eigenvalue weighted by Gasteiger charge is 2.35. The summed E-state index contributed by atoms with van der Waals surface area (Å²) in [5, 5.41) is 3.53. The summed E-state index contributed by atoms with van der Waals surface area (Å²) < 4.78 is 51.2. The van der Waals surface area contributed by atoms with Gasteiger partial charge in [0.05, 0.1) is 39.0 Å². The highest BCUT2D eigenvalue weighted by atomic mass is 35.5. The Hall–Kier alpha value is -3.87. The van der Waals surface area contributed by atoms with Gasteiger partial charge in [0, 0.05) is 35.3 Å². The first-order chi connectivity index (χ1) is 21.9. The Morgan fingerprint density at radius 2 is 1.54 bits per heavy atom. The van der Waals surface area contributed by atoms with Crippen molar-refractivity contribution in [2.75, 3.05) is 45.8 Å². The Bertz CT molecular complexity index is 1640. The average molecular weight is 697 g/mol. The van der Waals surface area contributed by atoms with Crippen LogP contribution in [0.5, 0.6) is 23.0 Å². The molecule has 0 fully saturated rings. The lowest BCUT2D eigenvalue weighted by Crippen LogP contribution is -2.51. The van der Waals surface area contributed by atoms with Gasteiger partial charge in [0.2, 0.25) is 11.8 Å². The zero-order valence-corrected chi connectivity index (χ0v) is 29.0. The molecule has 250 valence electrons. The van der Waals surface area contributed by atoms with E-state index in [4.69, 9.17) is 42.1 Å². The van der Waals surface area contributed by atoms with Gasteiger partial charge in [0.15, 0.2) is 11.5 Å². The van der Waals surface area contributed by atoms with E-state index >= 15 is 0 Å². The molecule has 0 aliphatic carbocycles. The molecule has 1 unspecified atom stereocenters. The quantitative estimate of drug-likeness (QED) is 0.193. The van der Waals surface area contributed by atoms with Gasteiger partial charge in [-0.3, -0.25) is 13.9 Å². The zero-order valence-electron chi connectivity index (χ0n) is 26.6. The number of rotatable bonds is 16. The molecule has 0 aliphatic heterocycles. The van der Waals surface area contributed by atoms with Gasteiger partial charge >= 0.3 is 0 Å². The highest BCUT2D eigenvalue weighted by Crippen LogP contribution is 2.38. The second-order valence-electron chi connectivity index (χ2n) is 10.1. The van der Waals surface area contributed by atoms with E-state index in [9.17, 15) is 18.0 Å². The number of nitrogens with one attached hydrogen (secondary N) is 1. The molecule has 3 aromatic carbocycles. The lowest BCUT2D eigenvalue weighted by Gasteiger charge is -2.32. The number of methoxy groups -OCH3 is 4. The fourth-order valence-electron chi connectivity index (χ4n) is 4.56. The summed E-state index contributed by atoms with van der Waals surface area (Å²) in [4.78, 5) is 28.6. The van der Waals surface area contributed by atoms with E-state index in [2.05, 4.69) is 5.32 Å². The fourth-order valence-corrected chi connectivity index (χ4v) is 6.46. The Morgan fingerprint density at radius 3 is 2.15 bits per heavy atom. The predicted molar refractivity (Wildman–Crippen MR) is 178 cm³/mol. The molecule has 0 heterocycles. The minimum Gasteiger partial charge on any atom is -0.497 e.